The van der Waals surface area contributed by atoms with Crippen LogP contribution in [0, 0.1) is 6.92 Å². The second-order valence-corrected chi connectivity index (χ2v) is 3.45. The third-order valence-electron chi connectivity index (χ3n) is 1.45. The first-order valence-corrected chi connectivity index (χ1v) is 4.63. The Kier molecular flexibility index (Phi) is 3.21. The summed E-state index contributed by atoms with van der Waals surface area (Å²) in [5.41, 5.74) is 2.28. The summed E-state index contributed by atoms with van der Waals surface area (Å²) in [7, 11) is 0. The lowest BCUT2D eigenvalue weighted by Gasteiger charge is -2.05. The minimum atomic E-state index is 0.447. The molecule has 0 spiro atoms. The molecule has 0 aliphatic heterocycles. The molecule has 0 aliphatic rings. The standard InChI is InChI=1S/C8H9BrClN/c1-6-4-7(9)2-3-8(6)11-5-10/h2-4,11H,5H2,1H3. The van der Waals surface area contributed by atoms with Gasteiger partial charge in [0.1, 0.15) is 0 Å². The van der Waals surface area contributed by atoms with Crippen LogP contribution in [0.25, 0.3) is 0 Å². The molecule has 0 bridgehead atoms. The first-order chi connectivity index (χ1) is 5.24. The van der Waals surface area contributed by atoms with Gasteiger partial charge in [0.25, 0.3) is 0 Å². The molecule has 0 atom stereocenters. The first kappa shape index (κ1) is 8.88. The summed E-state index contributed by atoms with van der Waals surface area (Å²) in [5.74, 6) is 0. The first-order valence-electron chi connectivity index (χ1n) is 3.30. The summed E-state index contributed by atoms with van der Waals surface area (Å²) < 4.78 is 1.09. The lowest BCUT2D eigenvalue weighted by Crippen LogP contribution is -1.95. The maximum Gasteiger partial charge on any atom is 0.0901 e. The number of hydrogen-bond donors (Lipinski definition) is 1. The zero-order valence-electron chi connectivity index (χ0n) is 6.20. The SMILES string of the molecule is Cc1cc(Br)ccc1NCCl. The van der Waals surface area contributed by atoms with Crippen LogP contribution in [-0.4, -0.2) is 6.00 Å². The summed E-state index contributed by atoms with van der Waals surface area (Å²) in [6, 6.07) is 6.49. The Morgan fingerprint density at radius 1 is 1.55 bits per heavy atom. The molecule has 0 saturated heterocycles. The Balaban J connectivity index is 2.90. The number of hydrogen-bond acceptors (Lipinski definition) is 1. The molecule has 11 heavy (non-hydrogen) atoms. The molecular weight excluding hydrogens is 225 g/mol. The molecule has 1 aromatic carbocycles. The van der Waals surface area contributed by atoms with Crippen LogP contribution >= 0.6 is 27.5 Å². The van der Waals surface area contributed by atoms with E-state index in [-0.39, 0.29) is 0 Å². The molecule has 0 saturated carbocycles. The lowest BCUT2D eigenvalue weighted by molar-refractivity contribution is 1.37. The maximum atomic E-state index is 5.52. The highest BCUT2D eigenvalue weighted by molar-refractivity contribution is 9.10. The average Bonchev–Trinajstić information content (AvgIpc) is 1.95. The number of halogens is 2. The van der Waals surface area contributed by atoms with Crippen molar-refractivity contribution in [2.75, 3.05) is 11.3 Å². The molecule has 0 unspecified atom stereocenters. The van der Waals surface area contributed by atoms with Crippen molar-refractivity contribution >= 4 is 33.2 Å². The third-order valence-corrected chi connectivity index (χ3v) is 2.07. The fraction of sp³-hybridized carbons (Fsp3) is 0.250. The summed E-state index contributed by atoms with van der Waals surface area (Å²) in [6.07, 6.45) is 0. The van der Waals surface area contributed by atoms with Crippen molar-refractivity contribution in [3.05, 3.63) is 28.2 Å². The van der Waals surface area contributed by atoms with E-state index >= 15 is 0 Å². The van der Waals surface area contributed by atoms with Crippen LogP contribution < -0.4 is 5.32 Å². The van der Waals surface area contributed by atoms with Gasteiger partial charge in [-0.1, -0.05) is 15.9 Å². The van der Waals surface area contributed by atoms with Crippen molar-refractivity contribution in [2.24, 2.45) is 0 Å². The van der Waals surface area contributed by atoms with Gasteiger partial charge >= 0.3 is 0 Å². The lowest BCUT2D eigenvalue weighted by atomic mass is 10.2. The molecule has 1 nitrogen and oxygen atoms in total. The number of alkyl halides is 1. The van der Waals surface area contributed by atoms with Gasteiger partial charge in [0.15, 0.2) is 0 Å². The number of aryl methyl sites for hydroxylation is 1. The number of benzene rings is 1. The normalized spacial score (nSPS) is 9.73. The topological polar surface area (TPSA) is 12.0 Å². The molecule has 0 aliphatic carbocycles. The molecule has 1 aromatic rings. The summed E-state index contributed by atoms with van der Waals surface area (Å²) >= 11 is 8.91. The molecule has 0 aromatic heterocycles. The molecule has 0 fully saturated rings. The van der Waals surface area contributed by atoms with Gasteiger partial charge in [-0.05, 0) is 30.7 Å². The van der Waals surface area contributed by atoms with Gasteiger partial charge in [0.2, 0.25) is 0 Å². The van der Waals surface area contributed by atoms with Crippen LogP contribution in [0.3, 0.4) is 0 Å². The summed E-state index contributed by atoms with van der Waals surface area (Å²) in [6.45, 7) is 2.04. The largest absolute Gasteiger partial charge is 0.371 e. The van der Waals surface area contributed by atoms with Gasteiger partial charge in [-0.25, -0.2) is 0 Å². The molecule has 1 rings (SSSR count). The fourth-order valence-corrected chi connectivity index (χ4v) is 1.52. The van der Waals surface area contributed by atoms with Gasteiger partial charge in [-0.15, -0.1) is 11.6 Å². The van der Waals surface area contributed by atoms with E-state index < -0.39 is 0 Å². The minimum Gasteiger partial charge on any atom is -0.371 e. The summed E-state index contributed by atoms with van der Waals surface area (Å²) in [4.78, 5) is 0. The highest BCUT2D eigenvalue weighted by Gasteiger charge is 1.95. The van der Waals surface area contributed by atoms with E-state index in [9.17, 15) is 0 Å². The number of rotatable bonds is 2. The predicted molar refractivity (Wildman–Crippen MR) is 53.2 cm³/mol. The zero-order chi connectivity index (χ0) is 8.27. The number of anilines is 1. The zero-order valence-corrected chi connectivity index (χ0v) is 8.54. The van der Waals surface area contributed by atoms with Gasteiger partial charge in [-0.3, -0.25) is 0 Å². The van der Waals surface area contributed by atoms with E-state index in [1.807, 2.05) is 19.1 Å². The number of nitrogens with one attached hydrogen (secondary N) is 1. The van der Waals surface area contributed by atoms with E-state index in [2.05, 4.69) is 27.3 Å². The maximum absolute atomic E-state index is 5.52. The molecule has 0 radical (unpaired) electrons. The third kappa shape index (κ3) is 2.38. The van der Waals surface area contributed by atoms with E-state index in [0.717, 1.165) is 10.2 Å². The Morgan fingerprint density at radius 2 is 2.27 bits per heavy atom. The van der Waals surface area contributed by atoms with Crippen molar-refractivity contribution in [1.82, 2.24) is 0 Å². The monoisotopic (exact) mass is 233 g/mol. The second-order valence-electron chi connectivity index (χ2n) is 2.27. The second kappa shape index (κ2) is 3.98. The molecule has 3 heteroatoms. The van der Waals surface area contributed by atoms with Crippen molar-refractivity contribution in [3.8, 4) is 0 Å². The fourth-order valence-electron chi connectivity index (χ4n) is 0.897. The predicted octanol–water partition coefficient (Wildman–Crippen LogP) is 3.37. The van der Waals surface area contributed by atoms with Crippen LogP contribution in [0.4, 0.5) is 5.69 Å². The molecule has 1 N–H and O–H groups in total. The smallest absolute Gasteiger partial charge is 0.0901 e. The average molecular weight is 235 g/mol. The van der Waals surface area contributed by atoms with E-state index in [0.29, 0.717) is 6.00 Å². The molecule has 0 amide bonds. The quantitative estimate of drug-likeness (QED) is 0.611. The van der Waals surface area contributed by atoms with E-state index in [1.165, 1.54) is 5.56 Å². The van der Waals surface area contributed by atoms with Gasteiger partial charge in [0.05, 0.1) is 6.00 Å². The summed E-state index contributed by atoms with van der Waals surface area (Å²) in [5, 5.41) is 3.05. The minimum absolute atomic E-state index is 0.447. The van der Waals surface area contributed by atoms with Crippen LogP contribution in [0.5, 0.6) is 0 Å². The Labute approximate surface area is 79.9 Å². The van der Waals surface area contributed by atoms with Crippen LogP contribution in [0.2, 0.25) is 0 Å². The van der Waals surface area contributed by atoms with Gasteiger partial charge in [-0.2, -0.15) is 0 Å². The van der Waals surface area contributed by atoms with Crippen LogP contribution in [0.15, 0.2) is 22.7 Å². The Morgan fingerprint density at radius 3 is 2.82 bits per heavy atom. The van der Waals surface area contributed by atoms with Crippen molar-refractivity contribution in [1.29, 1.82) is 0 Å². The molecular formula is C8H9BrClN. The molecule has 0 heterocycles. The Hall–Kier alpha value is -0.210. The van der Waals surface area contributed by atoms with Crippen LogP contribution in [-0.2, 0) is 0 Å². The van der Waals surface area contributed by atoms with Gasteiger partial charge < -0.3 is 5.32 Å². The van der Waals surface area contributed by atoms with Crippen molar-refractivity contribution < 1.29 is 0 Å². The van der Waals surface area contributed by atoms with Crippen molar-refractivity contribution in [2.45, 2.75) is 6.92 Å². The molecule has 60 valence electrons. The highest BCUT2D eigenvalue weighted by atomic mass is 79.9. The van der Waals surface area contributed by atoms with Gasteiger partial charge in [0, 0.05) is 10.2 Å². The van der Waals surface area contributed by atoms with Crippen molar-refractivity contribution in [3.63, 3.8) is 0 Å². The van der Waals surface area contributed by atoms with E-state index in [4.69, 9.17) is 11.6 Å². The van der Waals surface area contributed by atoms with E-state index in [1.54, 1.807) is 0 Å². The van der Waals surface area contributed by atoms with Crippen LogP contribution in [0.1, 0.15) is 5.56 Å². The Bertz CT molecular complexity index is 250. The highest BCUT2D eigenvalue weighted by Crippen LogP contribution is 2.19.